The Morgan fingerprint density at radius 3 is 2.20 bits per heavy atom. The molecule has 0 amide bonds. The summed E-state index contributed by atoms with van der Waals surface area (Å²) in [5.74, 6) is 0.487. The monoisotopic (exact) mass is 179 g/mol. The van der Waals surface area contributed by atoms with Gasteiger partial charge in [-0.05, 0) is 12.3 Å². The summed E-state index contributed by atoms with van der Waals surface area (Å²) in [6, 6.07) is -0.216. The third-order valence-corrected chi connectivity index (χ3v) is 1.78. The van der Waals surface area contributed by atoms with Gasteiger partial charge < -0.3 is 0 Å². The highest BCUT2D eigenvalue weighted by molar-refractivity contribution is 7.96. The molecule has 0 bridgehead atoms. The molecule has 10 heavy (non-hydrogen) atoms. The van der Waals surface area contributed by atoms with E-state index in [1.54, 1.807) is 0 Å². The summed E-state index contributed by atoms with van der Waals surface area (Å²) in [5, 5.41) is -0.149. The van der Waals surface area contributed by atoms with Crippen LogP contribution < -0.4 is 4.72 Å². The number of carbonyl (C=O) groups excluding carboxylic acids is 1. The van der Waals surface area contributed by atoms with E-state index in [-0.39, 0.29) is 11.2 Å². The lowest BCUT2D eigenvalue weighted by atomic mass is 10.1. The minimum absolute atomic E-state index is 0.149. The molecular formula is C6H13NOS2. The quantitative estimate of drug-likeness (QED) is 0.568. The minimum Gasteiger partial charge on any atom is -0.286 e. The second-order valence-corrected chi connectivity index (χ2v) is 3.35. The van der Waals surface area contributed by atoms with E-state index in [0.717, 1.165) is 6.42 Å². The zero-order valence-electron chi connectivity index (χ0n) is 6.16. The van der Waals surface area contributed by atoms with Crippen LogP contribution in [0.2, 0.25) is 0 Å². The molecule has 1 atom stereocenters. The van der Waals surface area contributed by atoms with Gasteiger partial charge in [0.2, 0.25) is 5.12 Å². The molecular weight excluding hydrogens is 166 g/mol. The van der Waals surface area contributed by atoms with Crippen molar-refractivity contribution in [2.24, 2.45) is 5.92 Å². The van der Waals surface area contributed by atoms with Gasteiger partial charge in [-0.3, -0.25) is 9.52 Å². The van der Waals surface area contributed by atoms with Crippen molar-refractivity contribution < 1.29 is 4.79 Å². The predicted octanol–water partition coefficient (Wildman–Crippen LogP) is 1.29. The van der Waals surface area contributed by atoms with E-state index in [2.05, 4.69) is 44.0 Å². The first kappa shape index (κ1) is 10.3. The number of thiol groups is 2. The summed E-state index contributed by atoms with van der Waals surface area (Å²) in [7, 11) is 0. The van der Waals surface area contributed by atoms with Crippen LogP contribution in [0.15, 0.2) is 0 Å². The molecule has 0 heterocycles. The fraction of sp³-hybridized carbons (Fsp3) is 0.833. The molecule has 0 spiro atoms. The highest BCUT2D eigenvalue weighted by Gasteiger charge is 2.13. The van der Waals surface area contributed by atoms with Crippen molar-refractivity contribution in [2.75, 3.05) is 0 Å². The van der Waals surface area contributed by atoms with Crippen LogP contribution in [0.5, 0.6) is 0 Å². The fourth-order valence-corrected chi connectivity index (χ4v) is 1.17. The van der Waals surface area contributed by atoms with Crippen LogP contribution in [0.25, 0.3) is 0 Å². The van der Waals surface area contributed by atoms with Crippen molar-refractivity contribution in [1.29, 1.82) is 0 Å². The Bertz CT molecular complexity index is 116. The Balaban J connectivity index is 3.72. The van der Waals surface area contributed by atoms with Gasteiger partial charge in [-0.25, -0.2) is 0 Å². The first-order chi connectivity index (χ1) is 4.57. The molecule has 0 aromatic carbocycles. The van der Waals surface area contributed by atoms with E-state index in [1.165, 1.54) is 0 Å². The molecule has 0 aromatic rings. The number of rotatable bonds is 4. The van der Waals surface area contributed by atoms with Crippen molar-refractivity contribution in [2.45, 2.75) is 26.3 Å². The van der Waals surface area contributed by atoms with Crippen molar-refractivity contribution in [3.8, 4) is 0 Å². The molecule has 0 fully saturated rings. The number of hydrogen-bond donors (Lipinski definition) is 3. The van der Waals surface area contributed by atoms with Crippen molar-refractivity contribution in [3.05, 3.63) is 0 Å². The molecule has 0 aliphatic rings. The molecule has 1 N–H and O–H groups in total. The van der Waals surface area contributed by atoms with Gasteiger partial charge in [0.15, 0.2) is 0 Å². The fourth-order valence-electron chi connectivity index (χ4n) is 0.680. The zero-order chi connectivity index (χ0) is 8.15. The Morgan fingerprint density at radius 2 is 2.10 bits per heavy atom. The maximum atomic E-state index is 10.7. The molecule has 2 nitrogen and oxygen atoms in total. The lowest BCUT2D eigenvalue weighted by Gasteiger charge is -2.12. The van der Waals surface area contributed by atoms with Crippen molar-refractivity contribution in [1.82, 2.24) is 4.72 Å². The molecule has 0 aliphatic heterocycles. The number of carbonyl (C=O) groups is 1. The third kappa shape index (κ3) is 4.19. The van der Waals surface area contributed by atoms with Gasteiger partial charge in [0, 0.05) is 0 Å². The SMILES string of the molecule is CC(C)C[C@H](NS)C(=O)S. The van der Waals surface area contributed by atoms with Crippen molar-refractivity contribution >= 4 is 30.6 Å². The molecule has 60 valence electrons. The van der Waals surface area contributed by atoms with Crippen LogP contribution in [-0.2, 0) is 4.79 Å². The lowest BCUT2D eigenvalue weighted by Crippen LogP contribution is -2.28. The maximum Gasteiger partial charge on any atom is 0.203 e. The van der Waals surface area contributed by atoms with Crippen LogP contribution in [0.1, 0.15) is 20.3 Å². The first-order valence-corrected chi connectivity index (χ1v) is 4.09. The van der Waals surface area contributed by atoms with E-state index in [4.69, 9.17) is 0 Å². The Labute approximate surface area is 72.7 Å². The van der Waals surface area contributed by atoms with Gasteiger partial charge >= 0.3 is 0 Å². The molecule has 0 radical (unpaired) electrons. The molecule has 4 heteroatoms. The van der Waals surface area contributed by atoms with Gasteiger partial charge in [0.1, 0.15) is 0 Å². The third-order valence-electron chi connectivity index (χ3n) is 1.16. The second kappa shape index (κ2) is 5.04. The van der Waals surface area contributed by atoms with Crippen LogP contribution in [-0.4, -0.2) is 11.2 Å². The standard InChI is InChI=1S/C6H13NOS2/c1-4(2)3-5(7-10)6(8)9/h4-5,7,10H,3H2,1-2H3,(H,8,9)/t5-/m0/s1. The Hall–Kier alpha value is 0.330. The van der Waals surface area contributed by atoms with Crippen LogP contribution in [0.3, 0.4) is 0 Å². The summed E-state index contributed by atoms with van der Waals surface area (Å²) in [4.78, 5) is 10.7. The average molecular weight is 179 g/mol. The Kier molecular flexibility index (Phi) is 5.21. The van der Waals surface area contributed by atoms with Crippen LogP contribution in [0.4, 0.5) is 0 Å². The highest BCUT2D eigenvalue weighted by Crippen LogP contribution is 2.07. The van der Waals surface area contributed by atoms with Gasteiger partial charge in [-0.2, -0.15) is 0 Å². The van der Waals surface area contributed by atoms with E-state index < -0.39 is 0 Å². The second-order valence-electron chi connectivity index (χ2n) is 2.65. The van der Waals surface area contributed by atoms with E-state index in [0.29, 0.717) is 5.92 Å². The minimum atomic E-state index is -0.216. The van der Waals surface area contributed by atoms with Gasteiger partial charge in [0.25, 0.3) is 0 Å². The molecule has 0 aromatic heterocycles. The summed E-state index contributed by atoms with van der Waals surface area (Å²) in [6.45, 7) is 4.10. The predicted molar refractivity (Wildman–Crippen MR) is 49.4 cm³/mol. The number of nitrogens with one attached hydrogen (secondary N) is 1. The van der Waals surface area contributed by atoms with E-state index in [9.17, 15) is 4.79 Å². The Morgan fingerprint density at radius 1 is 1.60 bits per heavy atom. The highest BCUT2D eigenvalue weighted by atomic mass is 32.1. The van der Waals surface area contributed by atoms with Crippen LogP contribution in [0, 0.1) is 5.92 Å². The van der Waals surface area contributed by atoms with Gasteiger partial charge in [-0.1, -0.05) is 26.7 Å². The van der Waals surface area contributed by atoms with E-state index in [1.807, 2.05) is 0 Å². The summed E-state index contributed by atoms with van der Waals surface area (Å²) in [6.07, 6.45) is 0.784. The topological polar surface area (TPSA) is 29.1 Å². The largest absolute Gasteiger partial charge is 0.286 e. The van der Waals surface area contributed by atoms with Gasteiger partial charge in [-0.15, -0.1) is 12.6 Å². The van der Waals surface area contributed by atoms with E-state index >= 15 is 0 Å². The van der Waals surface area contributed by atoms with Crippen molar-refractivity contribution in [3.63, 3.8) is 0 Å². The normalized spacial score (nSPS) is 13.7. The number of hydrogen-bond acceptors (Lipinski definition) is 3. The average Bonchev–Trinajstić information content (AvgIpc) is 1.81. The molecule has 0 saturated carbocycles. The summed E-state index contributed by atoms with van der Waals surface area (Å²) >= 11 is 7.51. The molecule has 0 rings (SSSR count). The van der Waals surface area contributed by atoms with Gasteiger partial charge in [0.05, 0.1) is 6.04 Å². The molecule has 0 unspecified atom stereocenters. The summed E-state index contributed by atoms with van der Waals surface area (Å²) < 4.78 is 2.60. The smallest absolute Gasteiger partial charge is 0.203 e. The lowest BCUT2D eigenvalue weighted by molar-refractivity contribution is -0.112. The molecule has 0 aliphatic carbocycles. The zero-order valence-corrected chi connectivity index (χ0v) is 7.95. The molecule has 0 saturated heterocycles. The maximum absolute atomic E-state index is 10.7. The first-order valence-electron chi connectivity index (χ1n) is 3.20. The van der Waals surface area contributed by atoms with Crippen LogP contribution >= 0.6 is 25.4 Å². The summed E-state index contributed by atoms with van der Waals surface area (Å²) in [5.41, 5.74) is 0.